The van der Waals surface area contributed by atoms with Gasteiger partial charge in [-0.3, -0.25) is 14.5 Å². The summed E-state index contributed by atoms with van der Waals surface area (Å²) in [7, 11) is 0. The van der Waals surface area contributed by atoms with E-state index in [-0.39, 0.29) is 24.5 Å². The van der Waals surface area contributed by atoms with E-state index in [0.29, 0.717) is 23.7 Å². The molecule has 0 spiro atoms. The number of carbonyl (C=O) groups is 3. The van der Waals surface area contributed by atoms with Crippen molar-refractivity contribution in [2.45, 2.75) is 57.2 Å². The SMILES string of the molecule is O=C(NC1CCCC1)c1cccc(-c2cnc(NC(=O)C3CCCN3C(=O)OCc3ccccc3)s2)c1. The number of hydrogen-bond donors (Lipinski definition) is 2. The fourth-order valence-electron chi connectivity index (χ4n) is 4.87. The number of aromatic nitrogens is 1. The molecule has 1 unspecified atom stereocenters. The zero-order valence-electron chi connectivity index (χ0n) is 20.5. The van der Waals surface area contributed by atoms with Crippen LogP contribution in [0.15, 0.2) is 60.8 Å². The largest absolute Gasteiger partial charge is 0.445 e. The van der Waals surface area contributed by atoms with E-state index in [0.717, 1.165) is 48.1 Å². The third kappa shape index (κ3) is 6.17. The first kappa shape index (κ1) is 25.0. The van der Waals surface area contributed by atoms with Crippen LogP contribution in [0.1, 0.15) is 54.4 Å². The first-order valence-corrected chi connectivity index (χ1v) is 13.5. The molecule has 192 valence electrons. The van der Waals surface area contributed by atoms with Crippen molar-refractivity contribution in [3.8, 4) is 10.4 Å². The Kier molecular flexibility index (Phi) is 7.79. The predicted molar refractivity (Wildman–Crippen MR) is 142 cm³/mol. The molecule has 2 aliphatic rings. The van der Waals surface area contributed by atoms with Crippen molar-refractivity contribution >= 4 is 34.4 Å². The molecule has 3 aromatic rings. The summed E-state index contributed by atoms with van der Waals surface area (Å²) in [6.45, 7) is 0.642. The van der Waals surface area contributed by atoms with Crippen LogP contribution in [0.2, 0.25) is 0 Å². The lowest BCUT2D eigenvalue weighted by Crippen LogP contribution is -2.43. The lowest BCUT2D eigenvalue weighted by molar-refractivity contribution is -0.120. The van der Waals surface area contributed by atoms with Crippen molar-refractivity contribution in [1.82, 2.24) is 15.2 Å². The minimum atomic E-state index is -0.599. The summed E-state index contributed by atoms with van der Waals surface area (Å²) in [5, 5.41) is 6.42. The number of hydrogen-bond acceptors (Lipinski definition) is 6. The van der Waals surface area contributed by atoms with Gasteiger partial charge >= 0.3 is 6.09 Å². The van der Waals surface area contributed by atoms with E-state index in [1.54, 1.807) is 6.20 Å². The second-order valence-electron chi connectivity index (χ2n) is 9.45. The minimum absolute atomic E-state index is 0.0627. The Morgan fingerprint density at radius 3 is 2.62 bits per heavy atom. The van der Waals surface area contributed by atoms with Crippen molar-refractivity contribution in [2.75, 3.05) is 11.9 Å². The number of amides is 3. The van der Waals surface area contributed by atoms with Gasteiger partial charge in [0.1, 0.15) is 12.6 Å². The summed E-state index contributed by atoms with van der Waals surface area (Å²) in [6, 6.07) is 16.6. The summed E-state index contributed by atoms with van der Waals surface area (Å²) < 4.78 is 5.44. The molecule has 37 heavy (non-hydrogen) atoms. The highest BCUT2D eigenvalue weighted by Gasteiger charge is 2.35. The number of thiazole rings is 1. The summed E-state index contributed by atoms with van der Waals surface area (Å²) in [5.41, 5.74) is 2.37. The number of nitrogens with zero attached hydrogens (tertiary/aromatic N) is 2. The zero-order valence-corrected chi connectivity index (χ0v) is 21.3. The summed E-state index contributed by atoms with van der Waals surface area (Å²) in [6.07, 6.45) is 6.89. The molecule has 9 heteroatoms. The van der Waals surface area contributed by atoms with E-state index < -0.39 is 12.1 Å². The van der Waals surface area contributed by atoms with Gasteiger partial charge < -0.3 is 15.4 Å². The van der Waals surface area contributed by atoms with Crippen LogP contribution in [-0.2, 0) is 16.1 Å². The molecule has 2 N–H and O–H groups in total. The van der Waals surface area contributed by atoms with E-state index in [9.17, 15) is 14.4 Å². The number of likely N-dealkylation sites (tertiary alicyclic amines) is 1. The van der Waals surface area contributed by atoms with Crippen molar-refractivity contribution in [1.29, 1.82) is 0 Å². The van der Waals surface area contributed by atoms with Crippen LogP contribution in [0.25, 0.3) is 10.4 Å². The monoisotopic (exact) mass is 518 g/mol. The minimum Gasteiger partial charge on any atom is -0.445 e. The Hall–Kier alpha value is -3.72. The van der Waals surface area contributed by atoms with Crippen LogP contribution in [0, 0.1) is 0 Å². The average Bonchev–Trinajstić information content (AvgIpc) is 3.70. The summed E-state index contributed by atoms with van der Waals surface area (Å²) in [5.74, 6) is -0.341. The molecule has 1 atom stereocenters. The molecule has 1 aliphatic heterocycles. The Labute approximate surface area is 220 Å². The molecule has 1 saturated heterocycles. The van der Waals surface area contributed by atoms with Gasteiger partial charge in [-0.05, 0) is 48.9 Å². The molecule has 5 rings (SSSR count). The zero-order chi connectivity index (χ0) is 25.6. The lowest BCUT2D eigenvalue weighted by atomic mass is 10.1. The van der Waals surface area contributed by atoms with Crippen LogP contribution in [0.4, 0.5) is 9.93 Å². The van der Waals surface area contributed by atoms with E-state index >= 15 is 0 Å². The fraction of sp³-hybridized carbons (Fsp3) is 0.357. The van der Waals surface area contributed by atoms with E-state index in [1.165, 1.54) is 16.2 Å². The summed E-state index contributed by atoms with van der Waals surface area (Å²) >= 11 is 1.33. The molecule has 1 aromatic heterocycles. The molecule has 2 aromatic carbocycles. The Balaban J connectivity index is 1.19. The molecule has 1 saturated carbocycles. The highest BCUT2D eigenvalue weighted by Crippen LogP contribution is 2.30. The van der Waals surface area contributed by atoms with Crippen LogP contribution < -0.4 is 10.6 Å². The number of benzene rings is 2. The van der Waals surface area contributed by atoms with Crippen LogP contribution in [-0.4, -0.2) is 46.4 Å². The van der Waals surface area contributed by atoms with Crippen LogP contribution in [0.3, 0.4) is 0 Å². The number of ether oxygens (including phenoxy) is 1. The smallest absolute Gasteiger partial charge is 0.410 e. The number of rotatable bonds is 7. The lowest BCUT2D eigenvalue weighted by Gasteiger charge is -2.22. The van der Waals surface area contributed by atoms with Gasteiger partial charge in [-0.15, -0.1) is 0 Å². The van der Waals surface area contributed by atoms with Gasteiger partial charge in [-0.2, -0.15) is 0 Å². The van der Waals surface area contributed by atoms with Gasteiger partial charge in [-0.1, -0.05) is 66.6 Å². The van der Waals surface area contributed by atoms with E-state index in [1.807, 2.05) is 54.6 Å². The topological polar surface area (TPSA) is 101 Å². The van der Waals surface area contributed by atoms with Crippen molar-refractivity contribution in [3.05, 3.63) is 71.9 Å². The maximum atomic E-state index is 13.0. The van der Waals surface area contributed by atoms with Gasteiger partial charge in [0.25, 0.3) is 5.91 Å². The van der Waals surface area contributed by atoms with Crippen molar-refractivity contribution in [2.24, 2.45) is 0 Å². The Morgan fingerprint density at radius 1 is 1.00 bits per heavy atom. The number of carbonyl (C=O) groups excluding carboxylic acids is 3. The molecule has 2 heterocycles. The number of nitrogens with one attached hydrogen (secondary N) is 2. The Bertz CT molecular complexity index is 1260. The van der Waals surface area contributed by atoms with Gasteiger partial charge in [0.2, 0.25) is 5.91 Å². The van der Waals surface area contributed by atoms with Crippen molar-refractivity contribution in [3.63, 3.8) is 0 Å². The second-order valence-corrected chi connectivity index (χ2v) is 10.5. The molecule has 1 aliphatic carbocycles. The quantitative estimate of drug-likeness (QED) is 0.447. The first-order valence-electron chi connectivity index (χ1n) is 12.7. The predicted octanol–water partition coefficient (Wildman–Crippen LogP) is 5.22. The molecule has 8 nitrogen and oxygen atoms in total. The molecule has 3 amide bonds. The standard InChI is InChI=1S/C28H30N4O4S/c33-25(30-22-12-4-5-13-22)21-11-6-10-20(16-21)24-17-29-27(37-24)31-26(34)23-14-7-15-32(23)28(35)36-18-19-8-2-1-3-9-19/h1-3,6,8-11,16-17,22-23H,4-5,7,12-15,18H2,(H,30,33)(H,29,31,34). The third-order valence-electron chi connectivity index (χ3n) is 6.83. The third-order valence-corrected chi connectivity index (χ3v) is 7.79. The van der Waals surface area contributed by atoms with Gasteiger partial charge in [0.05, 0.1) is 4.88 Å². The maximum absolute atomic E-state index is 13.0. The van der Waals surface area contributed by atoms with Gasteiger partial charge in [0, 0.05) is 24.3 Å². The molecule has 0 bridgehead atoms. The molecular weight excluding hydrogens is 488 g/mol. The van der Waals surface area contributed by atoms with Crippen LogP contribution >= 0.6 is 11.3 Å². The highest BCUT2D eigenvalue weighted by molar-refractivity contribution is 7.19. The number of anilines is 1. The van der Waals surface area contributed by atoms with E-state index in [2.05, 4.69) is 15.6 Å². The highest BCUT2D eigenvalue weighted by atomic mass is 32.1. The van der Waals surface area contributed by atoms with Gasteiger partial charge in [-0.25, -0.2) is 9.78 Å². The second kappa shape index (κ2) is 11.6. The van der Waals surface area contributed by atoms with Crippen LogP contribution in [0.5, 0.6) is 0 Å². The van der Waals surface area contributed by atoms with Gasteiger partial charge in [0.15, 0.2) is 5.13 Å². The summed E-state index contributed by atoms with van der Waals surface area (Å²) in [4.78, 5) is 45.0. The van der Waals surface area contributed by atoms with E-state index in [4.69, 9.17) is 4.74 Å². The normalized spacial score (nSPS) is 17.5. The first-order chi connectivity index (χ1) is 18.1. The van der Waals surface area contributed by atoms with Crippen molar-refractivity contribution < 1.29 is 19.1 Å². The average molecular weight is 519 g/mol. The molecular formula is C28H30N4O4S. The molecule has 2 fully saturated rings. The molecule has 0 radical (unpaired) electrons. The fourth-order valence-corrected chi connectivity index (χ4v) is 5.68. The maximum Gasteiger partial charge on any atom is 0.410 e. The Morgan fingerprint density at radius 2 is 1.81 bits per heavy atom.